The highest BCUT2D eigenvalue weighted by Crippen LogP contribution is 2.39. The molecule has 114 valence electrons. The van der Waals surface area contributed by atoms with Gasteiger partial charge in [-0.25, -0.2) is 0 Å². The smallest absolute Gasteiger partial charge is 0.190 e. The average Bonchev–Trinajstić information content (AvgIpc) is 2.90. The quantitative estimate of drug-likeness (QED) is 0.850. The monoisotopic (exact) mass is 292 g/mol. The molecule has 0 N–H and O–H groups in total. The molecular formula is C16H20O5. The van der Waals surface area contributed by atoms with Crippen LogP contribution in [0.3, 0.4) is 0 Å². The first-order valence-corrected chi connectivity index (χ1v) is 7.13. The number of hydrogen-bond acceptors (Lipinski definition) is 5. The molecule has 2 fully saturated rings. The number of ether oxygens (including phenoxy) is 4. The fourth-order valence-corrected chi connectivity index (χ4v) is 2.76. The SMILES string of the molecule is CC(=O)[C@H]1O[C@@H]2OC(C)(C)O[C@@H]2[C@H]1OCc1ccccc1. The normalized spacial score (nSPS) is 33.9. The van der Waals surface area contributed by atoms with E-state index in [0.29, 0.717) is 6.61 Å². The largest absolute Gasteiger partial charge is 0.367 e. The Morgan fingerprint density at radius 2 is 1.95 bits per heavy atom. The van der Waals surface area contributed by atoms with E-state index < -0.39 is 24.3 Å². The molecule has 0 amide bonds. The van der Waals surface area contributed by atoms with Crippen molar-refractivity contribution in [1.29, 1.82) is 0 Å². The fraction of sp³-hybridized carbons (Fsp3) is 0.562. The third kappa shape index (κ3) is 3.01. The van der Waals surface area contributed by atoms with E-state index in [1.54, 1.807) is 0 Å². The second-order valence-corrected chi connectivity index (χ2v) is 5.90. The number of ketones is 1. The lowest BCUT2D eigenvalue weighted by atomic mass is 10.1. The number of fused-ring (bicyclic) bond motifs is 1. The second-order valence-electron chi connectivity index (χ2n) is 5.90. The Morgan fingerprint density at radius 1 is 1.24 bits per heavy atom. The summed E-state index contributed by atoms with van der Waals surface area (Å²) >= 11 is 0. The summed E-state index contributed by atoms with van der Waals surface area (Å²) in [6.45, 7) is 5.55. The summed E-state index contributed by atoms with van der Waals surface area (Å²) in [6.07, 6.45) is -2.01. The zero-order valence-corrected chi connectivity index (χ0v) is 12.4. The zero-order valence-electron chi connectivity index (χ0n) is 12.4. The maximum Gasteiger partial charge on any atom is 0.190 e. The van der Waals surface area contributed by atoms with E-state index in [1.165, 1.54) is 6.92 Å². The number of Topliss-reactive ketones (excluding diaryl/α,β-unsaturated/α-hetero) is 1. The molecule has 2 aliphatic heterocycles. The van der Waals surface area contributed by atoms with Crippen LogP contribution in [0.2, 0.25) is 0 Å². The summed E-state index contributed by atoms with van der Waals surface area (Å²) in [4.78, 5) is 11.7. The van der Waals surface area contributed by atoms with Gasteiger partial charge in [0.1, 0.15) is 18.3 Å². The standard InChI is InChI=1S/C16H20O5/c1-10(17)12-13(18-9-11-7-5-4-6-8-11)14-15(19-12)21-16(2,3)20-14/h4-8,12-15H,9H2,1-3H3/t12-,13+,14-,15-/m1/s1. The van der Waals surface area contributed by atoms with Gasteiger partial charge < -0.3 is 18.9 Å². The first-order valence-electron chi connectivity index (χ1n) is 7.13. The summed E-state index contributed by atoms with van der Waals surface area (Å²) in [6, 6.07) is 9.81. The van der Waals surface area contributed by atoms with Crippen LogP contribution in [-0.4, -0.2) is 36.2 Å². The molecule has 2 aliphatic rings. The van der Waals surface area contributed by atoms with Crippen LogP contribution >= 0.6 is 0 Å². The topological polar surface area (TPSA) is 54.0 Å². The van der Waals surface area contributed by atoms with Gasteiger partial charge in [-0.15, -0.1) is 0 Å². The second kappa shape index (κ2) is 5.50. The highest BCUT2D eigenvalue weighted by molar-refractivity contribution is 5.81. The molecule has 21 heavy (non-hydrogen) atoms. The summed E-state index contributed by atoms with van der Waals surface area (Å²) in [5.41, 5.74) is 1.04. The lowest BCUT2D eigenvalue weighted by Crippen LogP contribution is -2.39. The van der Waals surface area contributed by atoms with E-state index in [1.807, 2.05) is 44.2 Å². The number of carbonyl (C=O) groups is 1. The predicted octanol–water partition coefficient (Wildman–Crippen LogP) is 2.04. The van der Waals surface area contributed by atoms with Crippen molar-refractivity contribution < 1.29 is 23.7 Å². The van der Waals surface area contributed by atoms with Crippen molar-refractivity contribution in [2.24, 2.45) is 0 Å². The van der Waals surface area contributed by atoms with E-state index in [2.05, 4.69) is 0 Å². The van der Waals surface area contributed by atoms with E-state index in [4.69, 9.17) is 18.9 Å². The van der Waals surface area contributed by atoms with Crippen molar-refractivity contribution in [1.82, 2.24) is 0 Å². The van der Waals surface area contributed by atoms with Gasteiger partial charge in [-0.05, 0) is 26.3 Å². The molecule has 4 atom stereocenters. The summed E-state index contributed by atoms with van der Waals surface area (Å²) in [5, 5.41) is 0. The summed E-state index contributed by atoms with van der Waals surface area (Å²) < 4.78 is 23.1. The predicted molar refractivity (Wildman–Crippen MR) is 74.4 cm³/mol. The minimum atomic E-state index is -0.717. The Kier molecular flexibility index (Phi) is 3.84. The van der Waals surface area contributed by atoms with Crippen LogP contribution in [-0.2, 0) is 30.3 Å². The molecule has 0 spiro atoms. The Balaban J connectivity index is 1.72. The van der Waals surface area contributed by atoms with Crippen LogP contribution in [0.15, 0.2) is 30.3 Å². The van der Waals surface area contributed by atoms with Crippen LogP contribution in [0.4, 0.5) is 0 Å². The van der Waals surface area contributed by atoms with Gasteiger partial charge in [-0.3, -0.25) is 4.79 Å². The maximum atomic E-state index is 11.7. The molecule has 0 saturated carbocycles. The van der Waals surface area contributed by atoms with Gasteiger partial charge in [0.2, 0.25) is 0 Å². The van der Waals surface area contributed by atoms with Crippen molar-refractivity contribution in [3.63, 3.8) is 0 Å². The van der Waals surface area contributed by atoms with Crippen molar-refractivity contribution in [2.75, 3.05) is 0 Å². The van der Waals surface area contributed by atoms with Crippen molar-refractivity contribution >= 4 is 5.78 Å². The zero-order chi connectivity index (χ0) is 15.0. The fourth-order valence-electron chi connectivity index (χ4n) is 2.76. The minimum absolute atomic E-state index is 0.0764. The third-order valence-corrected chi connectivity index (χ3v) is 3.68. The maximum absolute atomic E-state index is 11.7. The highest BCUT2D eigenvalue weighted by Gasteiger charge is 2.56. The van der Waals surface area contributed by atoms with E-state index >= 15 is 0 Å². The molecule has 2 heterocycles. The van der Waals surface area contributed by atoms with Gasteiger partial charge in [-0.1, -0.05) is 30.3 Å². The van der Waals surface area contributed by atoms with Crippen molar-refractivity contribution in [3.8, 4) is 0 Å². The van der Waals surface area contributed by atoms with E-state index in [9.17, 15) is 4.79 Å². The molecule has 3 rings (SSSR count). The lowest BCUT2D eigenvalue weighted by Gasteiger charge is -2.24. The van der Waals surface area contributed by atoms with Gasteiger partial charge in [0.25, 0.3) is 0 Å². The summed E-state index contributed by atoms with van der Waals surface area (Å²) in [5.74, 6) is -0.793. The number of benzene rings is 1. The van der Waals surface area contributed by atoms with Gasteiger partial charge in [0.05, 0.1) is 6.61 Å². The van der Waals surface area contributed by atoms with E-state index in [0.717, 1.165) is 5.56 Å². The molecule has 5 heteroatoms. The number of carbonyl (C=O) groups excluding carboxylic acids is 1. The number of rotatable bonds is 4. The Labute approximate surface area is 124 Å². The van der Waals surface area contributed by atoms with Crippen LogP contribution in [0, 0.1) is 0 Å². The van der Waals surface area contributed by atoms with Gasteiger partial charge in [-0.2, -0.15) is 0 Å². The molecule has 0 aromatic heterocycles. The minimum Gasteiger partial charge on any atom is -0.367 e. The molecule has 1 aromatic rings. The van der Waals surface area contributed by atoms with Crippen molar-refractivity contribution in [2.45, 2.75) is 57.8 Å². The van der Waals surface area contributed by atoms with Crippen LogP contribution in [0.5, 0.6) is 0 Å². The molecule has 0 aliphatic carbocycles. The lowest BCUT2D eigenvalue weighted by molar-refractivity contribution is -0.218. The molecule has 2 saturated heterocycles. The van der Waals surface area contributed by atoms with Crippen molar-refractivity contribution in [3.05, 3.63) is 35.9 Å². The van der Waals surface area contributed by atoms with Crippen LogP contribution in [0.25, 0.3) is 0 Å². The van der Waals surface area contributed by atoms with Gasteiger partial charge in [0.15, 0.2) is 17.9 Å². The molecule has 1 aromatic carbocycles. The molecule has 0 radical (unpaired) electrons. The Hall–Kier alpha value is -1.27. The highest BCUT2D eigenvalue weighted by atomic mass is 16.8. The summed E-state index contributed by atoms with van der Waals surface area (Å²) in [7, 11) is 0. The van der Waals surface area contributed by atoms with Crippen LogP contribution in [0.1, 0.15) is 26.3 Å². The van der Waals surface area contributed by atoms with Gasteiger partial charge >= 0.3 is 0 Å². The molecule has 0 bridgehead atoms. The average molecular weight is 292 g/mol. The molecule has 5 nitrogen and oxygen atoms in total. The van der Waals surface area contributed by atoms with Crippen LogP contribution < -0.4 is 0 Å². The first-order chi connectivity index (χ1) is 9.96. The van der Waals surface area contributed by atoms with Gasteiger partial charge in [0, 0.05) is 0 Å². The molecular weight excluding hydrogens is 272 g/mol. The Bertz CT molecular complexity index is 513. The van der Waals surface area contributed by atoms with E-state index in [-0.39, 0.29) is 11.9 Å². The molecule has 0 unspecified atom stereocenters. The first kappa shape index (κ1) is 14.7. The number of hydrogen-bond donors (Lipinski definition) is 0. The Morgan fingerprint density at radius 3 is 2.62 bits per heavy atom. The third-order valence-electron chi connectivity index (χ3n) is 3.68.